The lowest BCUT2D eigenvalue weighted by Gasteiger charge is -2.34. The minimum atomic E-state index is -0.502. The summed E-state index contributed by atoms with van der Waals surface area (Å²) in [4.78, 5) is 31.3. The first-order valence-electron chi connectivity index (χ1n) is 10.6. The molecule has 1 fully saturated rings. The number of carbonyl (C=O) groups excluding carboxylic acids is 2. The predicted octanol–water partition coefficient (Wildman–Crippen LogP) is 4.86. The predicted molar refractivity (Wildman–Crippen MR) is 120 cm³/mol. The van der Waals surface area contributed by atoms with E-state index in [1.807, 2.05) is 74.0 Å². The molecule has 1 aliphatic rings. The molecular weight excluding hydrogens is 392 g/mol. The molecule has 4 rings (SSSR count). The van der Waals surface area contributed by atoms with Crippen LogP contribution in [0.2, 0.25) is 0 Å². The van der Waals surface area contributed by atoms with Crippen LogP contribution < -0.4 is 5.32 Å². The average Bonchev–Trinajstić information content (AvgIpc) is 3.23. The topological polar surface area (TPSA) is 76.5 Å². The quantitative estimate of drug-likeness (QED) is 0.656. The van der Waals surface area contributed by atoms with E-state index in [1.165, 1.54) is 0 Å². The molecule has 3 aromatic rings. The molecule has 0 bridgehead atoms. The summed E-state index contributed by atoms with van der Waals surface area (Å²) in [6.45, 7) is 6.82. The molecule has 0 atom stereocenters. The summed E-state index contributed by atoms with van der Waals surface area (Å²) in [5, 5.41) is 3.97. The molecule has 0 unspecified atom stereocenters. The number of anilines is 1. The van der Waals surface area contributed by atoms with Gasteiger partial charge in [-0.15, -0.1) is 0 Å². The van der Waals surface area contributed by atoms with E-state index >= 15 is 0 Å². The minimum Gasteiger partial charge on any atom is -0.444 e. The highest BCUT2D eigenvalue weighted by Crippen LogP contribution is 2.26. The highest BCUT2D eigenvalue weighted by atomic mass is 16.6. The van der Waals surface area contributed by atoms with Gasteiger partial charge in [0.05, 0.1) is 5.52 Å². The van der Waals surface area contributed by atoms with Crippen LogP contribution in [0.1, 0.15) is 50.1 Å². The van der Waals surface area contributed by atoms with E-state index in [0.29, 0.717) is 18.8 Å². The maximum absolute atomic E-state index is 13.0. The van der Waals surface area contributed by atoms with Crippen LogP contribution in [0.3, 0.4) is 0 Å². The van der Waals surface area contributed by atoms with Crippen molar-refractivity contribution in [3.05, 3.63) is 60.6 Å². The fourth-order valence-corrected chi connectivity index (χ4v) is 3.91. The third kappa shape index (κ3) is 4.87. The third-order valence-electron chi connectivity index (χ3n) is 5.38. The fourth-order valence-electron chi connectivity index (χ4n) is 3.91. The number of aromatic nitrogens is 2. The van der Waals surface area contributed by atoms with E-state index in [4.69, 9.17) is 4.74 Å². The van der Waals surface area contributed by atoms with Gasteiger partial charge in [-0.25, -0.2) is 4.79 Å². The zero-order valence-electron chi connectivity index (χ0n) is 18.2. The van der Waals surface area contributed by atoms with Gasteiger partial charge in [0.15, 0.2) is 0 Å². The maximum atomic E-state index is 13.0. The number of nitrogens with zero attached hydrogens (tertiary/aromatic N) is 3. The van der Waals surface area contributed by atoms with Gasteiger partial charge in [0, 0.05) is 42.6 Å². The number of piperidine rings is 1. The molecule has 31 heavy (non-hydrogen) atoms. The van der Waals surface area contributed by atoms with Crippen molar-refractivity contribution < 1.29 is 14.3 Å². The smallest absolute Gasteiger partial charge is 0.410 e. The molecule has 0 spiro atoms. The second-order valence-corrected chi connectivity index (χ2v) is 8.86. The molecule has 7 nitrogen and oxygen atoms in total. The van der Waals surface area contributed by atoms with Crippen molar-refractivity contribution in [2.75, 3.05) is 18.4 Å². The molecule has 0 saturated carbocycles. The Labute approximate surface area is 182 Å². The maximum Gasteiger partial charge on any atom is 0.410 e. The van der Waals surface area contributed by atoms with Crippen molar-refractivity contribution >= 4 is 28.6 Å². The van der Waals surface area contributed by atoms with E-state index in [9.17, 15) is 9.59 Å². The zero-order chi connectivity index (χ0) is 22.0. The van der Waals surface area contributed by atoms with Crippen LogP contribution in [0.15, 0.2) is 54.9 Å². The lowest BCUT2D eigenvalue weighted by Crippen LogP contribution is -2.42. The Bertz CT molecular complexity index is 1090. The molecule has 0 aliphatic carbocycles. The molecule has 1 N–H and O–H groups in total. The Morgan fingerprint density at radius 2 is 1.87 bits per heavy atom. The number of benzene rings is 1. The van der Waals surface area contributed by atoms with Gasteiger partial charge in [-0.1, -0.05) is 6.07 Å². The average molecular weight is 421 g/mol. The summed E-state index contributed by atoms with van der Waals surface area (Å²) in [6, 6.07) is 13.4. The lowest BCUT2D eigenvalue weighted by atomic mass is 10.0. The Morgan fingerprint density at radius 3 is 2.61 bits per heavy atom. The number of pyridine rings is 1. The monoisotopic (exact) mass is 420 g/mol. The number of amides is 2. The van der Waals surface area contributed by atoms with Crippen molar-refractivity contribution in [1.29, 1.82) is 0 Å². The molecule has 2 aromatic heterocycles. The van der Waals surface area contributed by atoms with Gasteiger partial charge in [-0.2, -0.15) is 0 Å². The van der Waals surface area contributed by atoms with Crippen LogP contribution in [0.4, 0.5) is 10.5 Å². The second-order valence-electron chi connectivity index (χ2n) is 8.86. The number of rotatable bonds is 3. The first-order valence-corrected chi connectivity index (χ1v) is 10.6. The molecule has 7 heteroatoms. The van der Waals surface area contributed by atoms with Crippen LogP contribution in [-0.2, 0) is 4.74 Å². The van der Waals surface area contributed by atoms with Crippen molar-refractivity contribution in [3.63, 3.8) is 0 Å². The number of carbonyl (C=O) groups is 2. The number of likely N-dealkylation sites (tertiary alicyclic amines) is 1. The van der Waals surface area contributed by atoms with Gasteiger partial charge in [-0.3, -0.25) is 9.78 Å². The van der Waals surface area contributed by atoms with Crippen LogP contribution in [-0.4, -0.2) is 45.1 Å². The van der Waals surface area contributed by atoms with Gasteiger partial charge < -0.3 is 19.5 Å². The largest absolute Gasteiger partial charge is 0.444 e. The summed E-state index contributed by atoms with van der Waals surface area (Å²) < 4.78 is 7.49. The van der Waals surface area contributed by atoms with Gasteiger partial charge in [0.1, 0.15) is 11.3 Å². The number of nitrogens with one attached hydrogen (secondary N) is 1. The van der Waals surface area contributed by atoms with E-state index in [0.717, 1.165) is 29.4 Å². The Balaban J connectivity index is 1.41. The Morgan fingerprint density at radius 1 is 1.10 bits per heavy atom. The molecule has 162 valence electrons. The van der Waals surface area contributed by atoms with Crippen LogP contribution in [0.25, 0.3) is 10.9 Å². The normalized spacial score (nSPS) is 15.1. The summed E-state index contributed by atoms with van der Waals surface area (Å²) in [7, 11) is 0. The fraction of sp³-hybridized carbons (Fsp3) is 0.375. The van der Waals surface area contributed by atoms with Crippen molar-refractivity contribution in [2.24, 2.45) is 0 Å². The van der Waals surface area contributed by atoms with Crippen LogP contribution in [0.5, 0.6) is 0 Å². The van der Waals surface area contributed by atoms with Crippen molar-refractivity contribution in [2.45, 2.75) is 45.3 Å². The first-order chi connectivity index (χ1) is 14.8. The summed E-state index contributed by atoms with van der Waals surface area (Å²) in [5.74, 6) is -0.150. The lowest BCUT2D eigenvalue weighted by molar-refractivity contribution is 0.0187. The standard InChI is InChI=1S/C24H28N4O3/c1-24(2,3)31-23(30)27-14-10-19(11-15-27)28-13-5-7-21(28)22(29)26-18-8-9-20-17(16-18)6-4-12-25-20/h4-9,12-13,16,19H,10-11,14-15H2,1-3H3,(H,26,29). The van der Waals surface area contributed by atoms with E-state index < -0.39 is 5.60 Å². The van der Waals surface area contributed by atoms with Gasteiger partial charge in [0.2, 0.25) is 0 Å². The molecule has 1 saturated heterocycles. The summed E-state index contributed by atoms with van der Waals surface area (Å²) >= 11 is 0. The summed E-state index contributed by atoms with van der Waals surface area (Å²) in [6.07, 6.45) is 4.96. The third-order valence-corrected chi connectivity index (χ3v) is 5.38. The van der Waals surface area contributed by atoms with Crippen molar-refractivity contribution in [1.82, 2.24) is 14.5 Å². The number of fused-ring (bicyclic) bond motifs is 1. The molecule has 2 amide bonds. The van der Waals surface area contributed by atoms with Crippen molar-refractivity contribution in [3.8, 4) is 0 Å². The number of hydrogen-bond acceptors (Lipinski definition) is 4. The number of hydrogen-bond donors (Lipinski definition) is 1. The van der Waals surface area contributed by atoms with E-state index in [2.05, 4.69) is 10.3 Å². The zero-order valence-corrected chi connectivity index (χ0v) is 18.2. The minimum absolute atomic E-state index is 0.150. The van der Waals surface area contributed by atoms with Gasteiger partial charge in [-0.05, 0) is 70.0 Å². The highest BCUT2D eigenvalue weighted by Gasteiger charge is 2.28. The second kappa shape index (κ2) is 8.41. The van der Waals surface area contributed by atoms with Crippen LogP contribution in [0, 0.1) is 0 Å². The summed E-state index contributed by atoms with van der Waals surface area (Å²) in [5.41, 5.74) is 1.74. The van der Waals surface area contributed by atoms with Gasteiger partial charge >= 0.3 is 6.09 Å². The molecule has 1 aromatic carbocycles. The molecule has 1 aliphatic heterocycles. The number of ether oxygens (including phenoxy) is 1. The first kappa shape index (κ1) is 20.9. The van der Waals surface area contributed by atoms with Crippen LogP contribution >= 0.6 is 0 Å². The van der Waals surface area contributed by atoms with E-state index in [1.54, 1.807) is 11.1 Å². The molecular formula is C24H28N4O3. The molecule has 3 heterocycles. The SMILES string of the molecule is CC(C)(C)OC(=O)N1CCC(n2cccc2C(=O)Nc2ccc3ncccc3c2)CC1. The molecule has 0 radical (unpaired) electrons. The van der Waals surface area contributed by atoms with E-state index in [-0.39, 0.29) is 18.0 Å². The highest BCUT2D eigenvalue weighted by molar-refractivity contribution is 6.04. The Kier molecular flexibility index (Phi) is 5.67. The van der Waals surface area contributed by atoms with Gasteiger partial charge in [0.25, 0.3) is 5.91 Å². The Hall–Kier alpha value is -3.35.